The van der Waals surface area contributed by atoms with E-state index in [1.54, 1.807) is 6.92 Å². The Morgan fingerprint density at radius 3 is 2.64 bits per heavy atom. The monoisotopic (exact) mass is 201 g/mol. The second-order valence-electron chi connectivity index (χ2n) is 3.92. The van der Waals surface area contributed by atoms with Crippen molar-refractivity contribution in [3.8, 4) is 0 Å². The smallest absolute Gasteiger partial charge is 0.320 e. The summed E-state index contributed by atoms with van der Waals surface area (Å²) in [5.74, 6) is -0.203. The molecule has 1 fully saturated rings. The summed E-state index contributed by atoms with van der Waals surface area (Å²) in [5.41, 5.74) is -0.554. The lowest BCUT2D eigenvalue weighted by molar-refractivity contribution is -0.153. The highest BCUT2D eigenvalue weighted by atomic mass is 16.5. The van der Waals surface area contributed by atoms with Crippen LogP contribution in [0.2, 0.25) is 0 Å². The van der Waals surface area contributed by atoms with Gasteiger partial charge in [0.05, 0.1) is 18.8 Å². The van der Waals surface area contributed by atoms with E-state index in [4.69, 9.17) is 4.74 Å². The van der Waals surface area contributed by atoms with Gasteiger partial charge in [-0.3, -0.25) is 9.69 Å². The number of carbonyl (C=O) groups excluding carboxylic acids is 1. The van der Waals surface area contributed by atoms with Crippen molar-refractivity contribution in [1.29, 1.82) is 0 Å². The fourth-order valence-electron chi connectivity index (χ4n) is 1.91. The first kappa shape index (κ1) is 11.5. The first-order valence-corrected chi connectivity index (χ1v) is 5.20. The molecular weight excluding hydrogens is 182 g/mol. The maximum atomic E-state index is 11.1. The lowest BCUT2D eigenvalue weighted by atomic mass is 9.89. The third-order valence-corrected chi connectivity index (χ3v) is 2.41. The van der Waals surface area contributed by atoms with Crippen LogP contribution in [-0.4, -0.2) is 47.8 Å². The van der Waals surface area contributed by atoms with Crippen LogP contribution in [0.15, 0.2) is 0 Å². The molecule has 0 unspecified atom stereocenters. The Morgan fingerprint density at radius 2 is 2.14 bits per heavy atom. The number of esters is 1. The summed E-state index contributed by atoms with van der Waals surface area (Å²) >= 11 is 0. The number of β-amino-alcohol motifs (C(OH)–C–C–N with tert-alkyl or cyclic N) is 1. The molecule has 1 N–H and O–H groups in total. The van der Waals surface area contributed by atoms with Crippen molar-refractivity contribution in [1.82, 2.24) is 4.90 Å². The Hall–Kier alpha value is -0.610. The molecule has 0 saturated carbocycles. The van der Waals surface area contributed by atoms with Gasteiger partial charge in [-0.1, -0.05) is 13.3 Å². The molecule has 0 atom stereocenters. The van der Waals surface area contributed by atoms with E-state index in [0.29, 0.717) is 26.2 Å². The Kier molecular flexibility index (Phi) is 3.89. The summed E-state index contributed by atoms with van der Waals surface area (Å²) in [7, 11) is 0. The number of nitrogens with zero attached hydrogens (tertiary/aromatic N) is 1. The van der Waals surface area contributed by atoms with Crippen LogP contribution >= 0.6 is 0 Å². The predicted octanol–water partition coefficient (Wildman–Crippen LogP) is 0.396. The topological polar surface area (TPSA) is 49.8 Å². The molecule has 1 saturated heterocycles. The van der Waals surface area contributed by atoms with Gasteiger partial charge in [0.2, 0.25) is 0 Å². The fraction of sp³-hybridized carbons (Fsp3) is 0.900. The van der Waals surface area contributed by atoms with Gasteiger partial charge in [0.1, 0.15) is 0 Å². The minimum absolute atomic E-state index is 0.203. The first-order chi connectivity index (χ1) is 6.59. The quantitative estimate of drug-likeness (QED) is 0.654. The fourth-order valence-corrected chi connectivity index (χ4v) is 1.91. The summed E-state index contributed by atoms with van der Waals surface area (Å²) in [4.78, 5) is 13.0. The molecule has 0 aromatic rings. The number of ether oxygens (including phenoxy) is 1. The highest BCUT2D eigenvalue weighted by Gasteiger charge is 2.40. The van der Waals surface area contributed by atoms with Crippen molar-refractivity contribution in [2.45, 2.75) is 32.3 Å². The van der Waals surface area contributed by atoms with Gasteiger partial charge in [0.15, 0.2) is 0 Å². The van der Waals surface area contributed by atoms with E-state index >= 15 is 0 Å². The van der Waals surface area contributed by atoms with Crippen molar-refractivity contribution < 1.29 is 14.6 Å². The molecule has 1 heterocycles. The van der Waals surface area contributed by atoms with Gasteiger partial charge in [0.25, 0.3) is 0 Å². The molecule has 1 aliphatic rings. The molecule has 0 aromatic heterocycles. The molecule has 1 rings (SSSR count). The summed E-state index contributed by atoms with van der Waals surface area (Å²) < 4.78 is 4.81. The minimum atomic E-state index is -0.554. The molecule has 0 aliphatic carbocycles. The summed E-state index contributed by atoms with van der Waals surface area (Å²) in [6.07, 6.45) is 1.79. The van der Waals surface area contributed by atoms with E-state index in [1.165, 1.54) is 0 Å². The maximum Gasteiger partial charge on any atom is 0.320 e. The normalized spacial score (nSPS) is 20.2. The molecule has 0 bridgehead atoms. The predicted molar refractivity (Wildman–Crippen MR) is 52.9 cm³/mol. The molecule has 4 nitrogen and oxygen atoms in total. The Balaban J connectivity index is 2.18. The van der Waals surface area contributed by atoms with Gasteiger partial charge < -0.3 is 9.84 Å². The molecule has 0 spiro atoms. The van der Waals surface area contributed by atoms with Crippen molar-refractivity contribution in [3.63, 3.8) is 0 Å². The van der Waals surface area contributed by atoms with E-state index in [2.05, 4.69) is 0 Å². The van der Waals surface area contributed by atoms with E-state index in [1.807, 2.05) is 11.8 Å². The molecule has 82 valence electrons. The first-order valence-electron chi connectivity index (χ1n) is 5.20. The number of rotatable bonds is 5. The van der Waals surface area contributed by atoms with Crippen molar-refractivity contribution in [2.75, 3.05) is 26.2 Å². The summed E-state index contributed by atoms with van der Waals surface area (Å²) in [6, 6.07) is 0. The van der Waals surface area contributed by atoms with Crippen molar-refractivity contribution in [3.05, 3.63) is 0 Å². The average Bonchev–Trinajstić information content (AvgIpc) is 2.02. The lowest BCUT2D eigenvalue weighted by Crippen LogP contribution is -2.62. The molecular formula is C10H19NO3. The van der Waals surface area contributed by atoms with E-state index in [9.17, 15) is 9.90 Å². The van der Waals surface area contributed by atoms with Crippen molar-refractivity contribution in [2.24, 2.45) is 0 Å². The van der Waals surface area contributed by atoms with Crippen LogP contribution in [-0.2, 0) is 9.53 Å². The molecule has 0 aromatic carbocycles. The Bertz CT molecular complexity index is 200. The second kappa shape index (κ2) is 4.75. The highest BCUT2D eigenvalue weighted by Crippen LogP contribution is 2.25. The second-order valence-corrected chi connectivity index (χ2v) is 3.92. The van der Waals surface area contributed by atoms with Crippen LogP contribution in [0.5, 0.6) is 0 Å². The Labute approximate surface area is 84.8 Å². The third-order valence-electron chi connectivity index (χ3n) is 2.41. The highest BCUT2D eigenvalue weighted by molar-refractivity contribution is 5.71. The molecule has 1 aliphatic heterocycles. The SMILES string of the molecule is CCCC1(O)CN(CC(=O)OCC)C1. The molecule has 14 heavy (non-hydrogen) atoms. The van der Waals surface area contributed by atoms with Crippen molar-refractivity contribution >= 4 is 5.97 Å². The van der Waals surface area contributed by atoms with Crippen LogP contribution in [0.1, 0.15) is 26.7 Å². The molecule has 0 radical (unpaired) electrons. The summed E-state index contributed by atoms with van der Waals surface area (Å²) in [6.45, 7) is 5.76. The Morgan fingerprint density at radius 1 is 1.50 bits per heavy atom. The minimum Gasteiger partial charge on any atom is -0.465 e. The van der Waals surface area contributed by atoms with Crippen LogP contribution < -0.4 is 0 Å². The maximum absolute atomic E-state index is 11.1. The summed E-state index contributed by atoms with van der Waals surface area (Å²) in [5, 5.41) is 9.83. The van der Waals surface area contributed by atoms with Gasteiger partial charge in [-0.25, -0.2) is 0 Å². The van der Waals surface area contributed by atoms with Crippen LogP contribution in [0.3, 0.4) is 0 Å². The number of likely N-dealkylation sites (tertiary alicyclic amines) is 1. The third kappa shape index (κ3) is 2.96. The standard InChI is InChI=1S/C10H19NO3/c1-3-5-10(13)7-11(8-10)6-9(12)14-4-2/h13H,3-8H2,1-2H3. The van der Waals surface area contributed by atoms with Gasteiger partial charge >= 0.3 is 5.97 Å². The zero-order valence-corrected chi connectivity index (χ0v) is 8.95. The van der Waals surface area contributed by atoms with Gasteiger partial charge in [0, 0.05) is 13.1 Å². The van der Waals surface area contributed by atoms with E-state index < -0.39 is 5.60 Å². The van der Waals surface area contributed by atoms with Crippen LogP contribution in [0.25, 0.3) is 0 Å². The average molecular weight is 201 g/mol. The number of hydrogen-bond donors (Lipinski definition) is 1. The molecule has 4 heteroatoms. The largest absolute Gasteiger partial charge is 0.465 e. The van der Waals surface area contributed by atoms with Gasteiger partial charge in [-0.05, 0) is 13.3 Å². The van der Waals surface area contributed by atoms with Gasteiger partial charge in [-0.2, -0.15) is 0 Å². The molecule has 0 amide bonds. The number of aliphatic hydroxyl groups is 1. The van der Waals surface area contributed by atoms with Crippen LogP contribution in [0.4, 0.5) is 0 Å². The van der Waals surface area contributed by atoms with E-state index in [0.717, 1.165) is 12.8 Å². The number of carbonyl (C=O) groups is 1. The number of hydrogen-bond acceptors (Lipinski definition) is 4. The van der Waals surface area contributed by atoms with Gasteiger partial charge in [-0.15, -0.1) is 0 Å². The zero-order valence-electron chi connectivity index (χ0n) is 8.95. The zero-order chi connectivity index (χ0) is 10.6. The van der Waals surface area contributed by atoms with Crippen LogP contribution in [0, 0.1) is 0 Å². The lowest BCUT2D eigenvalue weighted by Gasteiger charge is -2.46. The van der Waals surface area contributed by atoms with E-state index in [-0.39, 0.29) is 5.97 Å².